The molecule has 5 N–H and O–H groups in total. The summed E-state index contributed by atoms with van der Waals surface area (Å²) in [6, 6.07) is 2.98. The molecule has 35 heavy (non-hydrogen) atoms. The molecule has 1 aliphatic rings. The molecule has 1 aromatic carbocycles. The molecule has 10 nitrogen and oxygen atoms in total. The van der Waals surface area contributed by atoms with Gasteiger partial charge in [-0.25, -0.2) is 4.39 Å². The van der Waals surface area contributed by atoms with E-state index < -0.39 is 35.7 Å². The number of nitrogens with one attached hydrogen (secondary N) is 4. The van der Waals surface area contributed by atoms with Crippen LogP contribution in [0.4, 0.5) is 10.1 Å². The molecule has 1 aliphatic heterocycles. The van der Waals surface area contributed by atoms with Crippen molar-refractivity contribution in [2.24, 2.45) is 0 Å². The van der Waals surface area contributed by atoms with Crippen LogP contribution in [0.5, 0.6) is 0 Å². The molecule has 0 bridgehead atoms. The maximum absolute atomic E-state index is 13.7. The number of carboxylic acids is 1. The summed E-state index contributed by atoms with van der Waals surface area (Å²) in [5.41, 5.74) is 3.27. The number of halogens is 1. The van der Waals surface area contributed by atoms with Crippen LogP contribution in [0.15, 0.2) is 18.2 Å². The number of rotatable bonds is 9. The molecular formula is C24H27FN4O6. The van der Waals surface area contributed by atoms with Gasteiger partial charge in [-0.05, 0) is 50.6 Å². The van der Waals surface area contributed by atoms with Gasteiger partial charge in [0, 0.05) is 36.3 Å². The zero-order valence-electron chi connectivity index (χ0n) is 19.7. The van der Waals surface area contributed by atoms with E-state index in [-0.39, 0.29) is 24.4 Å². The van der Waals surface area contributed by atoms with Crippen molar-refractivity contribution in [3.05, 3.63) is 52.1 Å². The Morgan fingerprint density at radius 1 is 1.26 bits per heavy atom. The molecule has 0 saturated carbocycles. The number of carboxylic acid groups (broad SMARTS) is 1. The number of H-pyrrole nitrogens is 1. The Balaban J connectivity index is 1.72. The maximum atomic E-state index is 13.7. The number of hydrogen-bond donors (Lipinski definition) is 5. The summed E-state index contributed by atoms with van der Waals surface area (Å²) in [6.07, 6.45) is 0.766. The van der Waals surface area contributed by atoms with E-state index in [1.54, 1.807) is 19.9 Å². The van der Waals surface area contributed by atoms with E-state index in [1.807, 2.05) is 0 Å². The number of aromatic nitrogens is 1. The number of ether oxygens (including phenoxy) is 1. The van der Waals surface area contributed by atoms with Crippen LogP contribution in [-0.2, 0) is 19.1 Å². The monoisotopic (exact) mass is 486 g/mol. The Labute approximate surface area is 200 Å². The van der Waals surface area contributed by atoms with E-state index in [9.17, 15) is 23.6 Å². The van der Waals surface area contributed by atoms with Gasteiger partial charge in [-0.1, -0.05) is 0 Å². The predicted octanol–water partition coefficient (Wildman–Crippen LogP) is 1.99. The van der Waals surface area contributed by atoms with Crippen molar-refractivity contribution in [1.82, 2.24) is 15.6 Å². The van der Waals surface area contributed by atoms with Gasteiger partial charge < -0.3 is 30.8 Å². The van der Waals surface area contributed by atoms with Crippen molar-refractivity contribution < 1.29 is 33.4 Å². The topological polar surface area (TPSA) is 150 Å². The first-order chi connectivity index (χ1) is 16.5. The SMILES string of the molecule is COC(CNC(=O)c1c(C)[nH]c(/C=C2\C(=O)Nc3ccc(F)cc32)c1C)CC(=O)NC(C)C(=O)O. The zero-order chi connectivity index (χ0) is 25.9. The van der Waals surface area contributed by atoms with Gasteiger partial charge in [-0.3, -0.25) is 19.2 Å². The number of hydrogen-bond acceptors (Lipinski definition) is 5. The van der Waals surface area contributed by atoms with Gasteiger partial charge in [0.1, 0.15) is 11.9 Å². The third-order valence-corrected chi connectivity index (χ3v) is 5.74. The summed E-state index contributed by atoms with van der Waals surface area (Å²) in [4.78, 5) is 51.3. The third kappa shape index (κ3) is 5.75. The molecule has 0 radical (unpaired) electrons. The lowest BCUT2D eigenvalue weighted by Gasteiger charge is -2.17. The molecular weight excluding hydrogens is 459 g/mol. The van der Waals surface area contributed by atoms with E-state index in [4.69, 9.17) is 9.84 Å². The number of fused-ring (bicyclic) bond motifs is 1. The minimum absolute atomic E-state index is 0.0136. The fourth-order valence-electron chi connectivity index (χ4n) is 3.81. The number of carbonyl (C=O) groups excluding carboxylic acids is 3. The van der Waals surface area contributed by atoms with Crippen LogP contribution < -0.4 is 16.0 Å². The highest BCUT2D eigenvalue weighted by Crippen LogP contribution is 2.34. The summed E-state index contributed by atoms with van der Waals surface area (Å²) in [6.45, 7) is 4.79. The van der Waals surface area contributed by atoms with Crippen LogP contribution in [0.1, 0.15) is 46.2 Å². The fourth-order valence-corrected chi connectivity index (χ4v) is 3.81. The molecule has 0 aliphatic carbocycles. The average molecular weight is 487 g/mol. The summed E-state index contributed by atoms with van der Waals surface area (Å²) in [5, 5.41) is 16.6. The lowest BCUT2D eigenvalue weighted by atomic mass is 10.0. The van der Waals surface area contributed by atoms with Crippen molar-refractivity contribution in [3.8, 4) is 0 Å². The second-order valence-electron chi connectivity index (χ2n) is 8.27. The van der Waals surface area contributed by atoms with Gasteiger partial charge in [0.05, 0.1) is 23.7 Å². The third-order valence-electron chi connectivity index (χ3n) is 5.74. The summed E-state index contributed by atoms with van der Waals surface area (Å²) in [7, 11) is 1.38. The number of anilines is 1. The van der Waals surface area contributed by atoms with Crippen molar-refractivity contribution in [2.45, 2.75) is 39.3 Å². The van der Waals surface area contributed by atoms with Crippen LogP contribution in [0.25, 0.3) is 11.6 Å². The summed E-state index contributed by atoms with van der Waals surface area (Å²) >= 11 is 0. The lowest BCUT2D eigenvalue weighted by molar-refractivity contribution is -0.141. The molecule has 3 rings (SSSR count). The Morgan fingerprint density at radius 3 is 2.63 bits per heavy atom. The number of amides is 3. The van der Waals surface area contributed by atoms with Gasteiger partial charge >= 0.3 is 5.97 Å². The molecule has 2 unspecified atom stereocenters. The maximum Gasteiger partial charge on any atom is 0.325 e. The molecule has 186 valence electrons. The molecule has 3 amide bonds. The molecule has 1 aromatic heterocycles. The first kappa shape index (κ1) is 25.6. The Kier molecular flexibility index (Phi) is 7.70. The molecule has 0 fully saturated rings. The van der Waals surface area contributed by atoms with Crippen LogP contribution in [0, 0.1) is 19.7 Å². The van der Waals surface area contributed by atoms with Crippen molar-refractivity contribution in [1.29, 1.82) is 0 Å². The number of aliphatic carboxylic acids is 1. The van der Waals surface area contributed by atoms with Crippen molar-refractivity contribution in [2.75, 3.05) is 19.0 Å². The number of benzene rings is 1. The highest BCUT2D eigenvalue weighted by Gasteiger charge is 2.26. The highest BCUT2D eigenvalue weighted by atomic mass is 19.1. The quantitative estimate of drug-likeness (QED) is 0.342. The first-order valence-corrected chi connectivity index (χ1v) is 10.9. The van der Waals surface area contributed by atoms with Crippen molar-refractivity contribution >= 4 is 41.0 Å². The normalized spacial score (nSPS) is 15.3. The number of methoxy groups -OCH3 is 1. The lowest BCUT2D eigenvalue weighted by Crippen LogP contribution is -2.42. The largest absolute Gasteiger partial charge is 0.480 e. The second kappa shape index (κ2) is 10.5. The van der Waals surface area contributed by atoms with E-state index in [0.717, 1.165) is 0 Å². The average Bonchev–Trinajstić information content (AvgIpc) is 3.25. The second-order valence-corrected chi connectivity index (χ2v) is 8.27. The van der Waals surface area contributed by atoms with Crippen LogP contribution in [0.3, 0.4) is 0 Å². The van der Waals surface area contributed by atoms with Gasteiger partial charge in [0.25, 0.3) is 11.8 Å². The van der Waals surface area contributed by atoms with Gasteiger partial charge in [-0.15, -0.1) is 0 Å². The summed E-state index contributed by atoms with van der Waals surface area (Å²) < 4.78 is 19.0. The smallest absolute Gasteiger partial charge is 0.325 e. The number of aryl methyl sites for hydroxylation is 1. The molecule has 11 heteroatoms. The Hall–Kier alpha value is -3.99. The minimum Gasteiger partial charge on any atom is -0.480 e. The van der Waals surface area contributed by atoms with E-state index in [1.165, 1.54) is 32.2 Å². The molecule has 0 saturated heterocycles. The van der Waals surface area contributed by atoms with E-state index >= 15 is 0 Å². The molecule has 0 spiro atoms. The Morgan fingerprint density at radius 2 is 1.97 bits per heavy atom. The predicted molar refractivity (Wildman–Crippen MR) is 126 cm³/mol. The van der Waals surface area contributed by atoms with Crippen LogP contribution >= 0.6 is 0 Å². The summed E-state index contributed by atoms with van der Waals surface area (Å²) in [5.74, 6) is -2.93. The number of carbonyl (C=O) groups is 4. The van der Waals surface area contributed by atoms with E-state index in [0.29, 0.717) is 33.8 Å². The standard InChI is InChI=1S/C24H27FN4O6/c1-11-19(9-17-16-7-14(25)5-6-18(16)29-22(17)31)27-12(2)21(11)23(32)26-10-15(35-4)8-20(30)28-13(3)24(33)34/h5-7,9,13,15,27H,8,10H2,1-4H3,(H,26,32)(H,28,30)(H,29,31)(H,33,34)/b17-9-. The van der Waals surface area contributed by atoms with Crippen LogP contribution in [0.2, 0.25) is 0 Å². The molecule has 2 heterocycles. The molecule has 2 aromatic rings. The number of aromatic amines is 1. The Bertz CT molecular complexity index is 1220. The minimum atomic E-state index is -1.16. The molecule has 2 atom stereocenters. The highest BCUT2D eigenvalue weighted by molar-refractivity contribution is 6.34. The van der Waals surface area contributed by atoms with Gasteiger partial charge in [0.2, 0.25) is 5.91 Å². The first-order valence-electron chi connectivity index (χ1n) is 10.9. The fraction of sp³-hybridized carbons (Fsp3) is 0.333. The van der Waals surface area contributed by atoms with Crippen molar-refractivity contribution in [3.63, 3.8) is 0 Å². The van der Waals surface area contributed by atoms with Gasteiger partial charge in [-0.2, -0.15) is 0 Å². The van der Waals surface area contributed by atoms with E-state index in [2.05, 4.69) is 20.9 Å². The van der Waals surface area contributed by atoms with Crippen LogP contribution in [-0.4, -0.2) is 59.6 Å². The van der Waals surface area contributed by atoms with Gasteiger partial charge in [0.15, 0.2) is 0 Å². The zero-order valence-corrected chi connectivity index (χ0v) is 19.7.